The van der Waals surface area contributed by atoms with Crippen molar-refractivity contribution in [2.75, 3.05) is 30.4 Å². The van der Waals surface area contributed by atoms with Gasteiger partial charge in [0.25, 0.3) is 0 Å². The number of hydrogen-bond donors (Lipinski definition) is 1. The maximum absolute atomic E-state index is 3.19. The van der Waals surface area contributed by atoms with Gasteiger partial charge in [0.05, 0.1) is 0 Å². The third-order valence-electron chi connectivity index (χ3n) is 2.86. The fourth-order valence-corrected chi connectivity index (χ4v) is 2.10. The summed E-state index contributed by atoms with van der Waals surface area (Å²) in [4.78, 5) is 2.48. The highest BCUT2D eigenvalue weighted by Crippen LogP contribution is 2.30. The predicted octanol–water partition coefficient (Wildman–Crippen LogP) is 2.50. The van der Waals surface area contributed by atoms with E-state index in [4.69, 9.17) is 0 Å². The first kappa shape index (κ1) is 9.38. The predicted molar refractivity (Wildman–Crippen MR) is 62.2 cm³/mol. The topological polar surface area (TPSA) is 15.3 Å². The van der Waals surface area contributed by atoms with Crippen LogP contribution in [0.25, 0.3) is 0 Å². The molecule has 0 unspecified atom stereocenters. The second kappa shape index (κ2) is 3.91. The molecule has 1 aliphatic rings. The summed E-state index contributed by atoms with van der Waals surface area (Å²) in [6.45, 7) is 4.61. The van der Waals surface area contributed by atoms with Crippen molar-refractivity contribution >= 4 is 11.4 Å². The lowest BCUT2D eigenvalue weighted by Crippen LogP contribution is -2.20. The van der Waals surface area contributed by atoms with E-state index < -0.39 is 0 Å². The molecule has 2 nitrogen and oxygen atoms in total. The molecule has 1 aromatic rings. The van der Waals surface area contributed by atoms with Gasteiger partial charge in [-0.2, -0.15) is 0 Å². The van der Waals surface area contributed by atoms with Gasteiger partial charge >= 0.3 is 0 Å². The third-order valence-corrected chi connectivity index (χ3v) is 2.86. The number of fused-ring (bicyclic) bond motifs is 1. The Labute approximate surface area is 85.9 Å². The molecule has 0 aliphatic carbocycles. The molecule has 14 heavy (non-hydrogen) atoms. The van der Waals surface area contributed by atoms with Crippen LogP contribution in [0.5, 0.6) is 0 Å². The van der Waals surface area contributed by atoms with Gasteiger partial charge in [-0.25, -0.2) is 0 Å². The molecule has 0 fully saturated rings. The summed E-state index contributed by atoms with van der Waals surface area (Å²) >= 11 is 0. The van der Waals surface area contributed by atoms with Crippen molar-refractivity contribution in [3.05, 3.63) is 23.8 Å². The average molecular weight is 190 g/mol. The quantitative estimate of drug-likeness (QED) is 0.787. The summed E-state index contributed by atoms with van der Waals surface area (Å²) < 4.78 is 0. The molecule has 0 bridgehead atoms. The van der Waals surface area contributed by atoms with Crippen LogP contribution in [0.15, 0.2) is 18.2 Å². The monoisotopic (exact) mass is 190 g/mol. The standard InChI is InChI=1S/C12H18N2/c1-3-7-14-8-6-10-4-5-11(13-2)9-12(10)14/h4-5,9,13H,3,6-8H2,1-2H3. The van der Waals surface area contributed by atoms with Gasteiger partial charge in [0.2, 0.25) is 0 Å². The van der Waals surface area contributed by atoms with E-state index in [-0.39, 0.29) is 0 Å². The van der Waals surface area contributed by atoms with Crippen LogP contribution in [-0.2, 0) is 6.42 Å². The molecule has 1 aliphatic heterocycles. The molecule has 0 atom stereocenters. The van der Waals surface area contributed by atoms with Gasteiger partial charge in [-0.15, -0.1) is 0 Å². The Balaban J connectivity index is 2.27. The molecule has 2 heteroatoms. The number of benzene rings is 1. The summed E-state index contributed by atoms with van der Waals surface area (Å²) in [7, 11) is 1.97. The van der Waals surface area contributed by atoms with Crippen molar-refractivity contribution in [3.63, 3.8) is 0 Å². The van der Waals surface area contributed by atoms with Gasteiger partial charge in [-0.05, 0) is 30.5 Å². The van der Waals surface area contributed by atoms with Crippen molar-refractivity contribution in [1.29, 1.82) is 0 Å². The molecule has 0 radical (unpaired) electrons. The zero-order chi connectivity index (χ0) is 9.97. The number of anilines is 2. The molecule has 0 saturated carbocycles. The Morgan fingerprint density at radius 1 is 1.43 bits per heavy atom. The van der Waals surface area contributed by atoms with Crippen LogP contribution >= 0.6 is 0 Å². The lowest BCUT2D eigenvalue weighted by Gasteiger charge is -2.18. The zero-order valence-electron chi connectivity index (χ0n) is 9.01. The molecular formula is C12H18N2. The van der Waals surface area contributed by atoms with Crippen molar-refractivity contribution < 1.29 is 0 Å². The van der Waals surface area contributed by atoms with Crippen molar-refractivity contribution in [1.82, 2.24) is 0 Å². The van der Waals surface area contributed by atoms with Crippen LogP contribution in [0.4, 0.5) is 11.4 Å². The van der Waals surface area contributed by atoms with Gasteiger partial charge in [-0.3, -0.25) is 0 Å². The SMILES string of the molecule is CCCN1CCc2ccc(NC)cc21. The molecule has 1 N–H and O–H groups in total. The van der Waals surface area contributed by atoms with Crippen molar-refractivity contribution in [2.45, 2.75) is 19.8 Å². The van der Waals surface area contributed by atoms with Crippen molar-refractivity contribution in [2.24, 2.45) is 0 Å². The van der Waals surface area contributed by atoms with E-state index in [2.05, 4.69) is 35.3 Å². The van der Waals surface area contributed by atoms with E-state index in [1.165, 1.54) is 42.9 Å². The minimum atomic E-state index is 1.18. The van der Waals surface area contributed by atoms with E-state index in [0.29, 0.717) is 0 Å². The van der Waals surface area contributed by atoms with Crippen LogP contribution in [0.2, 0.25) is 0 Å². The summed E-state index contributed by atoms with van der Waals surface area (Å²) in [5.74, 6) is 0. The summed E-state index contributed by atoms with van der Waals surface area (Å²) in [6.07, 6.45) is 2.43. The maximum Gasteiger partial charge on any atom is 0.0420 e. The molecule has 0 amide bonds. The van der Waals surface area contributed by atoms with Gasteiger partial charge in [0, 0.05) is 31.5 Å². The smallest absolute Gasteiger partial charge is 0.0420 e. The molecule has 0 saturated heterocycles. The highest BCUT2D eigenvalue weighted by Gasteiger charge is 2.17. The van der Waals surface area contributed by atoms with Crippen LogP contribution in [0.3, 0.4) is 0 Å². The lowest BCUT2D eigenvalue weighted by atomic mass is 10.1. The lowest BCUT2D eigenvalue weighted by molar-refractivity contribution is 0.797. The third kappa shape index (κ3) is 1.57. The second-order valence-electron chi connectivity index (χ2n) is 3.83. The summed E-state index contributed by atoms with van der Waals surface area (Å²) in [5, 5.41) is 3.19. The van der Waals surface area contributed by atoms with E-state index in [1.807, 2.05) is 7.05 Å². The van der Waals surface area contributed by atoms with Crippen LogP contribution in [0, 0.1) is 0 Å². The highest BCUT2D eigenvalue weighted by molar-refractivity contribution is 5.65. The van der Waals surface area contributed by atoms with Gasteiger partial charge < -0.3 is 10.2 Å². The summed E-state index contributed by atoms with van der Waals surface area (Å²) in [6, 6.07) is 6.67. The molecule has 0 spiro atoms. The first-order valence-corrected chi connectivity index (χ1v) is 5.40. The maximum atomic E-state index is 3.19. The van der Waals surface area contributed by atoms with E-state index in [9.17, 15) is 0 Å². The number of nitrogens with zero attached hydrogens (tertiary/aromatic N) is 1. The fourth-order valence-electron chi connectivity index (χ4n) is 2.10. The molecule has 76 valence electrons. The minimum Gasteiger partial charge on any atom is -0.388 e. The van der Waals surface area contributed by atoms with E-state index in [1.54, 1.807) is 0 Å². The Morgan fingerprint density at radius 3 is 3.00 bits per heavy atom. The number of hydrogen-bond acceptors (Lipinski definition) is 2. The fraction of sp³-hybridized carbons (Fsp3) is 0.500. The van der Waals surface area contributed by atoms with Gasteiger partial charge in [0.1, 0.15) is 0 Å². The Hall–Kier alpha value is -1.18. The average Bonchev–Trinajstić information content (AvgIpc) is 2.61. The molecule has 2 rings (SSSR count). The zero-order valence-corrected chi connectivity index (χ0v) is 9.01. The molecule has 0 aromatic heterocycles. The summed E-state index contributed by atoms with van der Waals surface area (Å²) in [5.41, 5.74) is 4.14. The highest BCUT2D eigenvalue weighted by atomic mass is 15.1. The Bertz CT molecular complexity index is 318. The largest absolute Gasteiger partial charge is 0.388 e. The van der Waals surface area contributed by atoms with E-state index in [0.717, 1.165) is 0 Å². The van der Waals surface area contributed by atoms with Crippen LogP contribution in [-0.4, -0.2) is 20.1 Å². The molecule has 1 heterocycles. The molecule has 1 aromatic carbocycles. The van der Waals surface area contributed by atoms with Gasteiger partial charge in [-0.1, -0.05) is 13.0 Å². The van der Waals surface area contributed by atoms with Crippen LogP contribution in [0.1, 0.15) is 18.9 Å². The second-order valence-corrected chi connectivity index (χ2v) is 3.83. The first-order valence-electron chi connectivity index (χ1n) is 5.40. The minimum absolute atomic E-state index is 1.18. The van der Waals surface area contributed by atoms with E-state index >= 15 is 0 Å². The Kier molecular flexibility index (Phi) is 2.62. The normalized spacial score (nSPS) is 14.3. The molecular weight excluding hydrogens is 172 g/mol. The van der Waals surface area contributed by atoms with Crippen LogP contribution < -0.4 is 10.2 Å². The van der Waals surface area contributed by atoms with Crippen molar-refractivity contribution in [3.8, 4) is 0 Å². The first-order chi connectivity index (χ1) is 6.85. The van der Waals surface area contributed by atoms with Gasteiger partial charge in [0.15, 0.2) is 0 Å². The number of nitrogens with one attached hydrogen (secondary N) is 1. The number of rotatable bonds is 3. The Morgan fingerprint density at radius 2 is 2.29 bits per heavy atom.